The minimum atomic E-state index is -2.01. The average molecular weight is 1210 g/mol. The molecule has 86 heavy (non-hydrogen) atoms. The number of aliphatic carboxylic acids is 2. The fourth-order valence-corrected chi connectivity index (χ4v) is 8.66. The highest BCUT2D eigenvalue weighted by atomic mass is 16.4. The lowest BCUT2D eigenvalue weighted by molar-refractivity contribution is -0.143. The van der Waals surface area contributed by atoms with Crippen LogP contribution in [0.5, 0.6) is 5.75 Å². The zero-order chi connectivity index (χ0) is 64.2. The Morgan fingerprint density at radius 1 is 0.535 bits per heavy atom. The van der Waals surface area contributed by atoms with Gasteiger partial charge in [-0.3, -0.25) is 52.7 Å². The van der Waals surface area contributed by atoms with Crippen LogP contribution in [-0.4, -0.2) is 175 Å². The lowest BCUT2D eigenvalue weighted by Gasteiger charge is -2.30. The highest BCUT2D eigenvalue weighted by molar-refractivity contribution is 6.00. The molecule has 30 nitrogen and oxygen atoms in total. The Kier molecular flexibility index (Phi) is 29.8. The van der Waals surface area contributed by atoms with Gasteiger partial charge < -0.3 is 90.5 Å². The van der Waals surface area contributed by atoms with Crippen LogP contribution in [0.25, 0.3) is 0 Å². The Bertz CT molecular complexity index is 2770. The summed E-state index contributed by atoms with van der Waals surface area (Å²) in [6.45, 7) is 7.32. The molecule has 1 aromatic heterocycles. The molecule has 472 valence electrons. The van der Waals surface area contributed by atoms with E-state index in [0.717, 1.165) is 6.92 Å². The number of aliphatic hydroxyl groups excluding tert-OH is 1. The van der Waals surface area contributed by atoms with Crippen LogP contribution in [0.1, 0.15) is 96.4 Å². The number of amides is 10. The molecule has 20 N–H and O–H groups in total. The first-order valence-corrected chi connectivity index (χ1v) is 28.0. The quantitative estimate of drug-likeness (QED) is 0.0248. The van der Waals surface area contributed by atoms with E-state index in [1.54, 1.807) is 58.0 Å². The first-order valence-electron chi connectivity index (χ1n) is 28.0. The Labute approximate surface area is 496 Å². The number of benzene rings is 2. The van der Waals surface area contributed by atoms with Gasteiger partial charge >= 0.3 is 11.9 Å². The minimum absolute atomic E-state index is 0.0526. The number of nitrogens with zero attached hydrogens (tertiary/aromatic N) is 1. The first-order chi connectivity index (χ1) is 40.7. The van der Waals surface area contributed by atoms with Crippen LogP contribution < -0.4 is 65.1 Å². The van der Waals surface area contributed by atoms with E-state index in [1.165, 1.54) is 36.8 Å². The van der Waals surface area contributed by atoms with E-state index in [-0.39, 0.29) is 50.8 Å². The number of H-pyrrole nitrogens is 1. The third-order valence-corrected chi connectivity index (χ3v) is 14.0. The summed E-state index contributed by atoms with van der Waals surface area (Å²) < 4.78 is 0. The number of aromatic amines is 1. The number of hydrogen-bond acceptors (Lipinski definition) is 17. The summed E-state index contributed by atoms with van der Waals surface area (Å²) in [7, 11) is 0. The summed E-state index contributed by atoms with van der Waals surface area (Å²) in [5.74, 6) is -14.7. The van der Waals surface area contributed by atoms with Crippen LogP contribution in [0.15, 0.2) is 67.1 Å². The number of phenolic OH excluding ortho intramolecular Hbond substituents is 1. The third kappa shape index (κ3) is 23.9. The van der Waals surface area contributed by atoms with Gasteiger partial charge in [0, 0.05) is 31.2 Å². The molecule has 1 heterocycles. The highest BCUT2D eigenvalue weighted by Crippen LogP contribution is 2.16. The van der Waals surface area contributed by atoms with Crippen LogP contribution in [0.4, 0.5) is 0 Å². The molecule has 0 aliphatic carbocycles. The zero-order valence-electron chi connectivity index (χ0n) is 48.6. The summed E-state index contributed by atoms with van der Waals surface area (Å²) in [5.41, 5.74) is 18.1. The second-order valence-electron chi connectivity index (χ2n) is 20.8. The number of nitrogens with two attached hydrogens (primary N) is 3. The molecule has 30 heteroatoms. The van der Waals surface area contributed by atoms with Gasteiger partial charge in [0.1, 0.15) is 60.1 Å². The lowest BCUT2D eigenvalue weighted by atomic mass is 9.96. The fraction of sp³-hybridized carbons (Fsp3) is 0.518. The maximum absolute atomic E-state index is 14.3. The van der Waals surface area contributed by atoms with E-state index in [0.29, 0.717) is 29.7 Å². The Morgan fingerprint density at radius 2 is 0.988 bits per heavy atom. The maximum Gasteiger partial charge on any atom is 0.326 e. The van der Waals surface area contributed by atoms with Crippen molar-refractivity contribution in [3.63, 3.8) is 0 Å². The van der Waals surface area contributed by atoms with Crippen molar-refractivity contribution < 1.29 is 78.0 Å². The van der Waals surface area contributed by atoms with E-state index in [2.05, 4.69) is 57.8 Å². The molecule has 0 bridgehead atoms. The molecule has 3 rings (SSSR count). The van der Waals surface area contributed by atoms with E-state index in [9.17, 15) is 78.0 Å². The highest BCUT2D eigenvalue weighted by Gasteiger charge is 2.39. The largest absolute Gasteiger partial charge is 0.508 e. The van der Waals surface area contributed by atoms with Crippen LogP contribution in [-0.2, 0) is 76.8 Å². The van der Waals surface area contributed by atoms with Crippen molar-refractivity contribution in [3.05, 3.63) is 83.9 Å². The van der Waals surface area contributed by atoms with Crippen LogP contribution in [0, 0.1) is 11.8 Å². The van der Waals surface area contributed by atoms with E-state index < -0.39 is 163 Å². The van der Waals surface area contributed by atoms with Gasteiger partial charge in [-0.25, -0.2) is 9.78 Å². The Morgan fingerprint density at radius 3 is 1.47 bits per heavy atom. The number of primary amides is 1. The molecule has 0 aliphatic rings. The van der Waals surface area contributed by atoms with Gasteiger partial charge in [0.15, 0.2) is 0 Å². The van der Waals surface area contributed by atoms with Gasteiger partial charge in [0.25, 0.3) is 0 Å². The van der Waals surface area contributed by atoms with Gasteiger partial charge in [-0.15, -0.1) is 0 Å². The fourth-order valence-electron chi connectivity index (χ4n) is 8.66. The molecule has 0 aliphatic heterocycles. The minimum Gasteiger partial charge on any atom is -0.508 e. The number of aromatic hydroxyl groups is 1. The summed E-state index contributed by atoms with van der Waals surface area (Å²) in [5, 5.41) is 62.8. The number of nitrogens with one attached hydrogen (secondary N) is 10. The first kappa shape index (κ1) is 71.2. The van der Waals surface area contributed by atoms with E-state index in [1.807, 2.05) is 0 Å². The van der Waals surface area contributed by atoms with Crippen molar-refractivity contribution in [2.24, 2.45) is 29.0 Å². The number of carboxylic acids is 2. The van der Waals surface area contributed by atoms with Crippen molar-refractivity contribution in [3.8, 4) is 5.75 Å². The van der Waals surface area contributed by atoms with Crippen molar-refractivity contribution in [2.75, 3.05) is 13.1 Å². The molecular formula is C56H82N14O16. The molecule has 0 unspecified atom stereocenters. The number of carbonyl (C=O) groups is 12. The van der Waals surface area contributed by atoms with Crippen molar-refractivity contribution in [2.45, 2.75) is 159 Å². The summed E-state index contributed by atoms with van der Waals surface area (Å²) >= 11 is 0. The summed E-state index contributed by atoms with van der Waals surface area (Å²) in [6, 6.07) is -0.505. The molecule has 0 radical (unpaired) electrons. The number of hydrogen-bond donors (Lipinski definition) is 17. The SMILES string of the molecule is CC[C@H](C)[C@H](NC(=O)[C@H](Cc1ccc(O)cc1)NC(=O)[C@@H](NC(=O)[C@H](CC(=O)O)NC(=O)[C@H](CCCCN)NC(=O)[C@@H](NC(=O)[C@H](CC(N)=O)NC(=O)[C@H](Cc1ccccc1)NC(=O)CN)[C@@H](C)CC)[C@@H](C)O)C(=O)N[C@@H](Cc1cnc[nH]1)C(=O)O. The third-order valence-electron chi connectivity index (χ3n) is 14.0. The molecule has 12 atom stereocenters. The smallest absolute Gasteiger partial charge is 0.326 e. The molecule has 3 aromatic rings. The monoisotopic (exact) mass is 1210 g/mol. The van der Waals surface area contributed by atoms with Crippen LogP contribution in [0.2, 0.25) is 0 Å². The van der Waals surface area contributed by atoms with Gasteiger partial charge in [-0.2, -0.15) is 0 Å². The number of aromatic nitrogens is 2. The predicted molar refractivity (Wildman–Crippen MR) is 308 cm³/mol. The predicted octanol–water partition coefficient (Wildman–Crippen LogP) is -3.50. The average Bonchev–Trinajstić information content (AvgIpc) is 4.16. The summed E-state index contributed by atoms with van der Waals surface area (Å²) in [6.07, 6.45) is -0.656. The van der Waals surface area contributed by atoms with Crippen molar-refractivity contribution in [1.82, 2.24) is 57.8 Å². The normalized spacial score (nSPS) is 15.3. The van der Waals surface area contributed by atoms with E-state index in [4.69, 9.17) is 17.2 Å². The van der Waals surface area contributed by atoms with Gasteiger partial charge in [0.05, 0.1) is 31.8 Å². The second kappa shape index (κ2) is 36.0. The number of unbranched alkanes of at least 4 members (excludes halogenated alkanes) is 1. The maximum atomic E-state index is 14.3. The Balaban J connectivity index is 1.91. The van der Waals surface area contributed by atoms with Gasteiger partial charge in [-0.1, -0.05) is 83.0 Å². The number of aliphatic hydroxyl groups is 1. The second-order valence-corrected chi connectivity index (χ2v) is 20.8. The lowest BCUT2D eigenvalue weighted by Crippen LogP contribution is -2.63. The summed E-state index contributed by atoms with van der Waals surface area (Å²) in [4.78, 5) is 168. The number of rotatable bonds is 38. The zero-order valence-corrected chi connectivity index (χ0v) is 48.6. The molecule has 0 saturated heterocycles. The van der Waals surface area contributed by atoms with Crippen molar-refractivity contribution in [1.29, 1.82) is 0 Å². The Hall–Kier alpha value is -9.03. The molecule has 2 aromatic carbocycles. The number of imidazole rings is 1. The molecule has 0 saturated carbocycles. The number of carboxylic acid groups (broad SMARTS) is 2. The molecule has 0 fully saturated rings. The van der Waals surface area contributed by atoms with Gasteiger partial charge in [0.2, 0.25) is 59.1 Å². The number of phenols is 1. The molecule has 10 amide bonds. The number of carbonyl (C=O) groups excluding carboxylic acids is 10. The van der Waals surface area contributed by atoms with Crippen LogP contribution >= 0.6 is 0 Å². The molecule has 0 spiro atoms. The topological polar surface area (TPSA) is 501 Å². The van der Waals surface area contributed by atoms with Gasteiger partial charge in [-0.05, 0) is 67.8 Å². The van der Waals surface area contributed by atoms with E-state index >= 15 is 0 Å². The molecular weight excluding hydrogens is 1120 g/mol. The van der Waals surface area contributed by atoms with Crippen LogP contribution in [0.3, 0.4) is 0 Å². The standard InChI is InChI=1S/C56H82N14O16/c1-6-29(3)45(69-51(80)39(24-42(59)73)64-49(78)37(62-43(74)26-58)21-32-13-9-8-10-14-32)53(82)63-36(15-11-12-20-57)48(77)65-40(25-44(75)76)52(81)70-47(31(5)71)55(84)66-38(22-33-16-18-35(72)19-17-33)50(79)68-46(30(4)7-2)54(83)67-41(56(85)86)23-34-27-60-28-61-34/h8-10,13-14,16-19,27-31,36-41,45-47,71-72H,6-7,11-12,15,20-26,57-58H2,1-5H3,(H2,59,73)(H,60,61)(H,62,74)(H,63,82)(H,64,78)(H,65,77)(H,66,84)(H,67,83)(H,68,79)(H,69,80)(H,70,81)(H,75,76)(H,85,86)/t29-,30-,31+,36-,37-,38-,39-,40-,41-,45-,46-,47-/m0/s1. The van der Waals surface area contributed by atoms with Crippen molar-refractivity contribution >= 4 is 71.0 Å².